The predicted octanol–water partition coefficient (Wildman–Crippen LogP) is 6.16. The predicted molar refractivity (Wildman–Crippen MR) is 147 cm³/mol. The molecular weight excluding hydrogens is 547 g/mol. The number of anilines is 1. The van der Waals surface area contributed by atoms with Crippen LogP contribution in [0.4, 0.5) is 27.9 Å². The Hall–Kier alpha value is -3.30. The highest BCUT2D eigenvalue weighted by Gasteiger charge is 2.32. The lowest BCUT2D eigenvalue weighted by Crippen LogP contribution is -2.49. The Kier molecular flexibility index (Phi) is 10.3. The number of thiazole rings is 1. The van der Waals surface area contributed by atoms with E-state index >= 15 is 0 Å². The number of carbonyl (C=O) groups is 2. The molecule has 0 bridgehead atoms. The van der Waals surface area contributed by atoms with Gasteiger partial charge in [0.25, 0.3) is 0 Å². The minimum atomic E-state index is -4.49. The quantitative estimate of drug-likeness (QED) is 0.395. The number of amides is 2. The number of aliphatic hydroxyl groups is 1. The number of hydrogen-bond donors (Lipinski definition) is 2. The molecular formula is C28H36F3N3O5S. The molecule has 0 aliphatic heterocycles. The topological polar surface area (TPSA) is 101 Å². The van der Waals surface area contributed by atoms with Crippen LogP contribution in [0.1, 0.15) is 72.2 Å². The minimum absolute atomic E-state index is 0.0768. The van der Waals surface area contributed by atoms with Crippen molar-refractivity contribution >= 4 is 28.7 Å². The van der Waals surface area contributed by atoms with E-state index in [4.69, 9.17) is 9.47 Å². The van der Waals surface area contributed by atoms with Gasteiger partial charge in [-0.2, -0.15) is 13.2 Å². The summed E-state index contributed by atoms with van der Waals surface area (Å²) in [5.41, 5.74) is -2.90. The van der Waals surface area contributed by atoms with E-state index in [1.807, 2.05) is 0 Å². The fraction of sp³-hybridized carbons (Fsp3) is 0.536. The zero-order valence-electron chi connectivity index (χ0n) is 23.9. The van der Waals surface area contributed by atoms with E-state index in [2.05, 4.69) is 22.1 Å². The van der Waals surface area contributed by atoms with Gasteiger partial charge < -0.3 is 19.9 Å². The van der Waals surface area contributed by atoms with Crippen LogP contribution in [-0.2, 0) is 22.1 Å². The molecule has 1 unspecified atom stereocenters. The number of carbonyl (C=O) groups excluding carboxylic acids is 2. The maximum Gasteiger partial charge on any atom is 0.416 e. The monoisotopic (exact) mass is 583 g/mol. The first-order valence-corrected chi connectivity index (χ1v) is 13.4. The van der Waals surface area contributed by atoms with Gasteiger partial charge in [-0.1, -0.05) is 18.1 Å². The summed E-state index contributed by atoms with van der Waals surface area (Å²) in [6, 6.07) is 3.75. The Bertz CT molecular complexity index is 1230. The van der Waals surface area contributed by atoms with Gasteiger partial charge in [0.05, 0.1) is 18.2 Å². The first-order valence-electron chi connectivity index (χ1n) is 12.5. The fourth-order valence-electron chi connectivity index (χ4n) is 3.18. The molecule has 2 N–H and O–H groups in total. The van der Waals surface area contributed by atoms with Crippen LogP contribution in [0, 0.1) is 11.8 Å². The SMILES string of the molecule is CC(C)(O)C#Cc1csc(N(CC(Cc2ccc(C(F)(F)F)cc2)NC(=O)OC(C)(C)C)C(=O)OC(C)(C)C)n1. The molecule has 8 nitrogen and oxygen atoms in total. The van der Waals surface area contributed by atoms with Gasteiger partial charge in [-0.3, -0.25) is 4.90 Å². The number of nitrogens with zero attached hydrogens (tertiary/aromatic N) is 2. The molecule has 0 spiro atoms. The molecule has 0 aliphatic rings. The van der Waals surface area contributed by atoms with Gasteiger partial charge in [0, 0.05) is 5.38 Å². The third kappa shape index (κ3) is 11.8. The minimum Gasteiger partial charge on any atom is -0.444 e. The normalized spacial score (nSPS) is 13.1. The standard InChI is InChI=1S/C28H36F3N3O5S/c1-25(2,3)38-23(35)33-21(15-18-9-11-19(12-10-18)28(29,30)31)16-34(24(36)39-26(4,5)6)22-32-20(17-40-22)13-14-27(7,8)37/h9-12,17,21,37H,15-16H2,1-8H3,(H,33,35). The Morgan fingerprint density at radius 3 is 2.10 bits per heavy atom. The average molecular weight is 584 g/mol. The van der Waals surface area contributed by atoms with Crippen LogP contribution in [0.2, 0.25) is 0 Å². The van der Waals surface area contributed by atoms with Crippen molar-refractivity contribution in [3.05, 3.63) is 46.5 Å². The molecule has 0 radical (unpaired) electrons. The number of ether oxygens (including phenoxy) is 2. The van der Waals surface area contributed by atoms with E-state index in [0.29, 0.717) is 11.3 Å². The van der Waals surface area contributed by atoms with Crippen LogP contribution in [0.15, 0.2) is 29.6 Å². The van der Waals surface area contributed by atoms with Crippen LogP contribution in [0.5, 0.6) is 0 Å². The molecule has 0 saturated heterocycles. The first-order chi connectivity index (χ1) is 18.1. The van der Waals surface area contributed by atoms with Gasteiger partial charge in [-0.05, 0) is 85.4 Å². The van der Waals surface area contributed by atoms with Gasteiger partial charge in [-0.25, -0.2) is 14.6 Å². The van der Waals surface area contributed by atoms with Crippen molar-refractivity contribution in [1.29, 1.82) is 0 Å². The highest BCUT2D eigenvalue weighted by atomic mass is 32.1. The number of nitrogens with one attached hydrogen (secondary N) is 1. The maximum atomic E-state index is 13.3. The second-order valence-corrected chi connectivity index (χ2v) is 12.5. The average Bonchev–Trinajstić information content (AvgIpc) is 3.21. The third-order valence-corrected chi connectivity index (χ3v) is 5.58. The van der Waals surface area contributed by atoms with E-state index in [0.717, 1.165) is 23.5 Å². The van der Waals surface area contributed by atoms with Crippen molar-refractivity contribution in [3.63, 3.8) is 0 Å². The molecule has 1 aromatic heterocycles. The zero-order chi connectivity index (χ0) is 30.5. The van der Waals surface area contributed by atoms with Crippen molar-refractivity contribution in [2.75, 3.05) is 11.4 Å². The van der Waals surface area contributed by atoms with Gasteiger partial charge in [0.2, 0.25) is 0 Å². The van der Waals surface area contributed by atoms with Crippen LogP contribution >= 0.6 is 11.3 Å². The number of alkyl carbamates (subject to hydrolysis) is 1. The van der Waals surface area contributed by atoms with E-state index < -0.39 is 46.8 Å². The summed E-state index contributed by atoms with van der Waals surface area (Å²) in [6.07, 6.45) is -5.92. The molecule has 1 aromatic carbocycles. The molecule has 2 aromatic rings. The first kappa shape index (κ1) is 32.9. The van der Waals surface area contributed by atoms with Crippen LogP contribution in [0.25, 0.3) is 0 Å². The summed E-state index contributed by atoms with van der Waals surface area (Å²) in [7, 11) is 0. The summed E-state index contributed by atoms with van der Waals surface area (Å²) >= 11 is 1.11. The lowest BCUT2D eigenvalue weighted by atomic mass is 10.0. The molecule has 0 saturated carbocycles. The second-order valence-electron chi connectivity index (χ2n) is 11.7. The number of hydrogen-bond acceptors (Lipinski definition) is 7. The molecule has 2 amide bonds. The molecule has 220 valence electrons. The molecule has 1 heterocycles. The third-order valence-electron chi connectivity index (χ3n) is 4.72. The number of benzene rings is 1. The Labute approximate surface area is 236 Å². The Morgan fingerprint density at radius 1 is 1.02 bits per heavy atom. The van der Waals surface area contributed by atoms with Crippen molar-refractivity contribution in [2.45, 2.75) is 90.8 Å². The van der Waals surface area contributed by atoms with Crippen molar-refractivity contribution < 1.29 is 37.3 Å². The number of aromatic nitrogens is 1. The molecule has 40 heavy (non-hydrogen) atoms. The zero-order valence-corrected chi connectivity index (χ0v) is 24.7. The van der Waals surface area contributed by atoms with Gasteiger partial charge in [0.15, 0.2) is 5.13 Å². The van der Waals surface area contributed by atoms with Crippen LogP contribution < -0.4 is 10.2 Å². The summed E-state index contributed by atoms with van der Waals surface area (Å²) in [5.74, 6) is 5.41. The van der Waals surface area contributed by atoms with Crippen LogP contribution in [-0.4, -0.2) is 51.7 Å². The summed E-state index contributed by atoms with van der Waals surface area (Å²) in [5, 5.41) is 14.4. The summed E-state index contributed by atoms with van der Waals surface area (Å²) in [6.45, 7) is 13.1. The Morgan fingerprint density at radius 2 is 1.60 bits per heavy atom. The number of alkyl halides is 3. The van der Waals surface area contributed by atoms with E-state index in [1.165, 1.54) is 30.9 Å². The Balaban J connectivity index is 2.44. The largest absolute Gasteiger partial charge is 0.444 e. The van der Waals surface area contributed by atoms with Crippen molar-refractivity contribution in [3.8, 4) is 11.8 Å². The van der Waals surface area contributed by atoms with Crippen LogP contribution in [0.3, 0.4) is 0 Å². The lowest BCUT2D eigenvalue weighted by molar-refractivity contribution is -0.137. The molecule has 0 fully saturated rings. The highest BCUT2D eigenvalue weighted by molar-refractivity contribution is 7.14. The maximum absolute atomic E-state index is 13.3. The van der Waals surface area contributed by atoms with Gasteiger partial charge >= 0.3 is 18.4 Å². The second kappa shape index (κ2) is 12.5. The van der Waals surface area contributed by atoms with E-state index in [1.54, 1.807) is 46.9 Å². The van der Waals surface area contributed by atoms with Gasteiger partial charge in [-0.15, -0.1) is 11.3 Å². The summed E-state index contributed by atoms with van der Waals surface area (Å²) in [4.78, 5) is 31.6. The number of rotatable bonds is 6. The van der Waals surface area contributed by atoms with E-state index in [-0.39, 0.29) is 18.1 Å². The van der Waals surface area contributed by atoms with Crippen molar-refractivity contribution in [1.82, 2.24) is 10.3 Å². The molecule has 12 heteroatoms. The van der Waals surface area contributed by atoms with Gasteiger partial charge in [0.1, 0.15) is 22.5 Å². The fourth-order valence-corrected chi connectivity index (χ4v) is 3.94. The van der Waals surface area contributed by atoms with E-state index in [9.17, 15) is 27.9 Å². The van der Waals surface area contributed by atoms with Crippen molar-refractivity contribution in [2.24, 2.45) is 0 Å². The molecule has 0 aliphatic carbocycles. The molecule has 1 atom stereocenters. The lowest BCUT2D eigenvalue weighted by Gasteiger charge is -2.30. The smallest absolute Gasteiger partial charge is 0.416 e. The number of halogens is 3. The molecule has 2 rings (SSSR count). The summed E-state index contributed by atoms with van der Waals surface area (Å²) < 4.78 is 50.1. The highest BCUT2D eigenvalue weighted by Crippen LogP contribution is 2.29.